The fraction of sp³-hybridized carbons (Fsp3) is 0.231. The smallest absolute Gasteiger partial charge is 0.139 e. The minimum atomic E-state index is -0.314. The van der Waals surface area contributed by atoms with E-state index in [9.17, 15) is 4.39 Å². The maximum atomic E-state index is 13.8. The van der Waals surface area contributed by atoms with Gasteiger partial charge in [0.2, 0.25) is 0 Å². The molecule has 20 heavy (non-hydrogen) atoms. The quantitative estimate of drug-likeness (QED) is 0.620. The lowest BCUT2D eigenvalue weighted by atomic mass is 10.3. The van der Waals surface area contributed by atoms with Crippen LogP contribution in [0.4, 0.5) is 4.39 Å². The van der Waals surface area contributed by atoms with Gasteiger partial charge < -0.3 is 4.57 Å². The topological polar surface area (TPSA) is 30.7 Å². The summed E-state index contributed by atoms with van der Waals surface area (Å²) in [7, 11) is 0. The van der Waals surface area contributed by atoms with Crippen LogP contribution in [-0.2, 0) is 6.54 Å². The summed E-state index contributed by atoms with van der Waals surface area (Å²) in [5.41, 5.74) is 4.13. The minimum absolute atomic E-state index is 0.261. The summed E-state index contributed by atoms with van der Waals surface area (Å²) in [5.74, 6) is 0.401. The van der Waals surface area contributed by atoms with Crippen LogP contribution in [0.3, 0.4) is 0 Å². The summed E-state index contributed by atoms with van der Waals surface area (Å²) in [6.45, 7) is 2.39. The molecule has 0 spiro atoms. The van der Waals surface area contributed by atoms with Gasteiger partial charge in [-0.2, -0.15) is 0 Å². The Morgan fingerprint density at radius 3 is 2.95 bits per heavy atom. The summed E-state index contributed by atoms with van der Waals surface area (Å²) in [6.07, 6.45) is 0. The van der Waals surface area contributed by atoms with Crippen molar-refractivity contribution in [1.82, 2.24) is 14.5 Å². The highest BCUT2D eigenvalue weighted by molar-refractivity contribution is 9.10. The standard InChI is InChI=1S/C13H10BrClFN3S/c1-7(15)13-18-11-2-9(14)10(16)3-12(11)19(13)4-8-5-20-6-17-8/h2-3,5-7H,4H2,1H3. The number of hydrogen-bond donors (Lipinski definition) is 0. The van der Waals surface area contributed by atoms with Gasteiger partial charge in [-0.15, -0.1) is 22.9 Å². The molecule has 0 N–H and O–H groups in total. The van der Waals surface area contributed by atoms with Crippen molar-refractivity contribution in [3.63, 3.8) is 0 Å². The molecular formula is C13H10BrClFN3S. The van der Waals surface area contributed by atoms with E-state index in [-0.39, 0.29) is 11.2 Å². The predicted octanol–water partition coefficient (Wildman–Crippen LogP) is 4.74. The van der Waals surface area contributed by atoms with E-state index in [1.54, 1.807) is 11.6 Å². The van der Waals surface area contributed by atoms with Crippen LogP contribution in [-0.4, -0.2) is 14.5 Å². The van der Waals surface area contributed by atoms with Gasteiger partial charge in [0, 0.05) is 11.4 Å². The number of nitrogens with zero attached hydrogens (tertiary/aromatic N) is 3. The normalized spacial score (nSPS) is 13.0. The van der Waals surface area contributed by atoms with Crippen molar-refractivity contribution in [2.24, 2.45) is 0 Å². The molecule has 1 atom stereocenters. The molecule has 1 unspecified atom stereocenters. The summed E-state index contributed by atoms with van der Waals surface area (Å²) < 4.78 is 16.1. The lowest BCUT2D eigenvalue weighted by Crippen LogP contribution is -2.06. The lowest BCUT2D eigenvalue weighted by molar-refractivity contribution is 0.621. The fourth-order valence-corrected chi connectivity index (χ4v) is 3.13. The van der Waals surface area contributed by atoms with E-state index in [4.69, 9.17) is 11.6 Å². The van der Waals surface area contributed by atoms with Crippen LogP contribution in [0.5, 0.6) is 0 Å². The molecule has 0 aliphatic carbocycles. The summed E-state index contributed by atoms with van der Waals surface area (Å²) in [6, 6.07) is 3.15. The highest BCUT2D eigenvalue weighted by atomic mass is 79.9. The van der Waals surface area contributed by atoms with Crippen molar-refractivity contribution in [1.29, 1.82) is 0 Å². The number of halogens is 3. The number of alkyl halides is 1. The van der Waals surface area contributed by atoms with Crippen LogP contribution in [0, 0.1) is 5.82 Å². The van der Waals surface area contributed by atoms with Gasteiger partial charge in [-0.05, 0) is 28.9 Å². The Morgan fingerprint density at radius 2 is 2.30 bits per heavy atom. The molecule has 0 saturated heterocycles. The van der Waals surface area contributed by atoms with Crippen LogP contribution in [0.25, 0.3) is 11.0 Å². The molecule has 104 valence electrons. The SMILES string of the molecule is CC(Cl)c1nc2cc(Br)c(F)cc2n1Cc1cscn1. The van der Waals surface area contributed by atoms with Crippen molar-refractivity contribution in [3.8, 4) is 0 Å². The second-order valence-electron chi connectivity index (χ2n) is 4.41. The summed E-state index contributed by atoms with van der Waals surface area (Å²) >= 11 is 10.9. The van der Waals surface area contributed by atoms with E-state index in [0.29, 0.717) is 16.8 Å². The number of imidazole rings is 1. The van der Waals surface area contributed by atoms with Gasteiger partial charge in [0.15, 0.2) is 0 Å². The highest BCUT2D eigenvalue weighted by Crippen LogP contribution is 2.29. The molecule has 7 heteroatoms. The number of rotatable bonds is 3. The first-order valence-corrected chi connectivity index (χ1v) is 8.10. The van der Waals surface area contributed by atoms with Crippen molar-refractivity contribution < 1.29 is 4.39 Å². The third-order valence-electron chi connectivity index (χ3n) is 2.98. The van der Waals surface area contributed by atoms with E-state index in [2.05, 4.69) is 25.9 Å². The van der Waals surface area contributed by atoms with Crippen molar-refractivity contribution in [2.75, 3.05) is 0 Å². The number of aromatic nitrogens is 3. The predicted molar refractivity (Wildman–Crippen MR) is 82.9 cm³/mol. The lowest BCUT2D eigenvalue weighted by Gasteiger charge is -2.09. The van der Waals surface area contributed by atoms with Gasteiger partial charge in [-0.25, -0.2) is 14.4 Å². The molecule has 0 aliphatic heterocycles. The van der Waals surface area contributed by atoms with Gasteiger partial charge in [0.1, 0.15) is 11.6 Å². The average Bonchev–Trinajstić information content (AvgIpc) is 3.00. The van der Waals surface area contributed by atoms with E-state index < -0.39 is 0 Å². The third kappa shape index (κ3) is 2.47. The molecule has 2 heterocycles. The van der Waals surface area contributed by atoms with E-state index >= 15 is 0 Å². The first-order valence-electron chi connectivity index (χ1n) is 5.92. The van der Waals surface area contributed by atoms with Crippen LogP contribution in [0.2, 0.25) is 0 Å². The van der Waals surface area contributed by atoms with Gasteiger partial charge in [-0.3, -0.25) is 0 Å². The number of thiazole rings is 1. The van der Waals surface area contributed by atoms with Crippen molar-refractivity contribution in [2.45, 2.75) is 18.8 Å². The molecular weight excluding hydrogens is 365 g/mol. The van der Waals surface area contributed by atoms with E-state index in [0.717, 1.165) is 16.7 Å². The molecule has 0 fully saturated rings. The fourth-order valence-electron chi connectivity index (χ4n) is 2.09. The summed E-state index contributed by atoms with van der Waals surface area (Å²) in [4.78, 5) is 8.77. The van der Waals surface area contributed by atoms with Gasteiger partial charge >= 0.3 is 0 Å². The van der Waals surface area contributed by atoms with Crippen LogP contribution in [0.1, 0.15) is 23.8 Å². The average molecular weight is 375 g/mol. The maximum Gasteiger partial charge on any atom is 0.139 e. The molecule has 0 amide bonds. The molecule has 0 radical (unpaired) electrons. The number of fused-ring (bicyclic) bond motifs is 1. The van der Waals surface area contributed by atoms with Crippen molar-refractivity contribution >= 4 is 49.9 Å². The van der Waals surface area contributed by atoms with Crippen LogP contribution >= 0.6 is 38.9 Å². The van der Waals surface area contributed by atoms with Crippen LogP contribution in [0.15, 0.2) is 27.5 Å². The monoisotopic (exact) mass is 373 g/mol. The second kappa shape index (κ2) is 5.42. The summed E-state index contributed by atoms with van der Waals surface area (Å²) in [5, 5.41) is 1.70. The first kappa shape index (κ1) is 14.0. The Balaban J connectivity index is 2.20. The Bertz CT molecular complexity index is 755. The highest BCUT2D eigenvalue weighted by Gasteiger charge is 2.17. The third-order valence-corrected chi connectivity index (χ3v) is 4.42. The van der Waals surface area contributed by atoms with Gasteiger partial charge in [0.05, 0.1) is 38.6 Å². The largest absolute Gasteiger partial charge is 0.321 e. The molecule has 1 aromatic carbocycles. The molecule has 0 aliphatic rings. The molecule has 0 saturated carbocycles. The minimum Gasteiger partial charge on any atom is -0.321 e. The second-order valence-corrected chi connectivity index (χ2v) is 6.63. The van der Waals surface area contributed by atoms with Gasteiger partial charge in [-0.1, -0.05) is 0 Å². The number of hydrogen-bond acceptors (Lipinski definition) is 3. The Labute approximate surface area is 132 Å². The molecule has 0 bridgehead atoms. The van der Waals surface area contributed by atoms with E-state index in [1.807, 2.05) is 16.9 Å². The zero-order chi connectivity index (χ0) is 14.3. The van der Waals surface area contributed by atoms with Crippen molar-refractivity contribution in [3.05, 3.63) is 44.8 Å². The van der Waals surface area contributed by atoms with Crippen LogP contribution < -0.4 is 0 Å². The molecule has 3 rings (SSSR count). The Morgan fingerprint density at radius 1 is 1.50 bits per heavy atom. The van der Waals surface area contributed by atoms with E-state index in [1.165, 1.54) is 17.4 Å². The Hall–Kier alpha value is -0.980. The zero-order valence-electron chi connectivity index (χ0n) is 10.5. The van der Waals surface area contributed by atoms with Gasteiger partial charge in [0.25, 0.3) is 0 Å². The molecule has 2 aromatic heterocycles. The molecule has 3 aromatic rings. The Kier molecular flexibility index (Phi) is 3.79. The number of benzene rings is 1. The zero-order valence-corrected chi connectivity index (χ0v) is 13.6. The molecule has 3 nitrogen and oxygen atoms in total. The maximum absolute atomic E-state index is 13.8. The first-order chi connectivity index (χ1) is 9.56.